The van der Waals surface area contributed by atoms with Crippen LogP contribution in [0.5, 0.6) is 0 Å². The highest BCUT2D eigenvalue weighted by molar-refractivity contribution is 6.03. The van der Waals surface area contributed by atoms with E-state index in [1.165, 1.54) is 0 Å². The molecule has 2 amide bonds. The molecule has 0 saturated carbocycles. The van der Waals surface area contributed by atoms with Gasteiger partial charge in [-0.3, -0.25) is 9.59 Å². The van der Waals surface area contributed by atoms with E-state index < -0.39 is 6.04 Å². The van der Waals surface area contributed by atoms with Crippen LogP contribution in [0.15, 0.2) is 54.6 Å². The summed E-state index contributed by atoms with van der Waals surface area (Å²) in [7, 11) is 0. The standard InChI is InChI=1S/C23H28N2O2/c1-17-22(27)25(15-14-24(17)21(26)16-23(2,3)4)20-13-9-8-12-19(20)18-10-6-5-7-11-18/h5-13,17H,14-16H2,1-4H3/t17-/m1/s1. The first-order valence-electron chi connectivity index (χ1n) is 9.53. The number of piperazine rings is 1. The summed E-state index contributed by atoms with van der Waals surface area (Å²) in [5.41, 5.74) is 2.94. The Morgan fingerprint density at radius 2 is 1.63 bits per heavy atom. The molecule has 0 N–H and O–H groups in total. The molecule has 27 heavy (non-hydrogen) atoms. The lowest BCUT2D eigenvalue weighted by molar-refractivity contribution is -0.142. The van der Waals surface area contributed by atoms with Gasteiger partial charge in [0, 0.05) is 25.1 Å². The summed E-state index contributed by atoms with van der Waals surface area (Å²) in [4.78, 5) is 29.3. The minimum absolute atomic E-state index is 0.0214. The van der Waals surface area contributed by atoms with E-state index >= 15 is 0 Å². The van der Waals surface area contributed by atoms with Crippen LogP contribution in [0.25, 0.3) is 11.1 Å². The lowest BCUT2D eigenvalue weighted by Crippen LogP contribution is -2.58. The molecule has 0 aliphatic carbocycles. The van der Waals surface area contributed by atoms with Gasteiger partial charge in [-0.25, -0.2) is 0 Å². The zero-order chi connectivity index (χ0) is 19.6. The second-order valence-electron chi connectivity index (χ2n) is 8.37. The fourth-order valence-electron chi connectivity index (χ4n) is 3.58. The molecule has 1 atom stereocenters. The van der Waals surface area contributed by atoms with Crippen molar-refractivity contribution in [1.29, 1.82) is 0 Å². The molecular weight excluding hydrogens is 336 g/mol. The van der Waals surface area contributed by atoms with Gasteiger partial charge in [-0.15, -0.1) is 0 Å². The molecule has 1 saturated heterocycles. The molecule has 1 fully saturated rings. The Balaban J connectivity index is 1.85. The summed E-state index contributed by atoms with van der Waals surface area (Å²) in [6.45, 7) is 9.05. The average Bonchev–Trinajstić information content (AvgIpc) is 2.63. The van der Waals surface area contributed by atoms with E-state index in [1.54, 1.807) is 4.90 Å². The highest BCUT2D eigenvalue weighted by atomic mass is 16.2. The number of para-hydroxylation sites is 1. The van der Waals surface area contributed by atoms with Gasteiger partial charge in [0.05, 0.1) is 5.69 Å². The van der Waals surface area contributed by atoms with Crippen molar-refractivity contribution in [2.24, 2.45) is 5.41 Å². The predicted molar refractivity (Wildman–Crippen MR) is 109 cm³/mol. The number of amides is 2. The van der Waals surface area contributed by atoms with Gasteiger partial charge in [0.15, 0.2) is 0 Å². The van der Waals surface area contributed by atoms with Crippen LogP contribution in [-0.2, 0) is 9.59 Å². The molecule has 2 aromatic carbocycles. The summed E-state index contributed by atoms with van der Waals surface area (Å²) < 4.78 is 0. The van der Waals surface area contributed by atoms with E-state index in [9.17, 15) is 9.59 Å². The van der Waals surface area contributed by atoms with Crippen molar-refractivity contribution >= 4 is 17.5 Å². The zero-order valence-electron chi connectivity index (χ0n) is 16.6. The molecule has 4 nitrogen and oxygen atoms in total. The molecule has 0 radical (unpaired) electrons. The quantitative estimate of drug-likeness (QED) is 0.812. The molecule has 3 rings (SSSR count). The minimum Gasteiger partial charge on any atom is -0.329 e. The van der Waals surface area contributed by atoms with Crippen molar-refractivity contribution in [1.82, 2.24) is 4.90 Å². The Labute approximate surface area is 161 Å². The van der Waals surface area contributed by atoms with Crippen molar-refractivity contribution in [3.05, 3.63) is 54.6 Å². The molecule has 0 bridgehead atoms. The van der Waals surface area contributed by atoms with Crippen LogP contribution in [0.2, 0.25) is 0 Å². The first kappa shape index (κ1) is 19.2. The summed E-state index contributed by atoms with van der Waals surface area (Å²) >= 11 is 0. The molecule has 4 heteroatoms. The lowest BCUT2D eigenvalue weighted by atomic mass is 9.91. The first-order valence-corrected chi connectivity index (χ1v) is 9.53. The smallest absolute Gasteiger partial charge is 0.249 e. The predicted octanol–water partition coefficient (Wildman–Crippen LogP) is 4.35. The number of hydrogen-bond acceptors (Lipinski definition) is 2. The van der Waals surface area contributed by atoms with Crippen LogP contribution in [0.4, 0.5) is 5.69 Å². The van der Waals surface area contributed by atoms with Crippen LogP contribution in [-0.4, -0.2) is 35.8 Å². The molecule has 0 unspecified atom stereocenters. The van der Waals surface area contributed by atoms with E-state index in [1.807, 2.05) is 75.1 Å². The molecule has 1 heterocycles. The number of carbonyl (C=O) groups is 2. The van der Waals surface area contributed by atoms with Crippen LogP contribution in [0.3, 0.4) is 0 Å². The Kier molecular flexibility index (Phi) is 5.36. The number of rotatable bonds is 3. The molecular formula is C23H28N2O2. The Morgan fingerprint density at radius 3 is 2.30 bits per heavy atom. The normalized spacial score (nSPS) is 17.9. The average molecular weight is 364 g/mol. The van der Waals surface area contributed by atoms with Crippen LogP contribution >= 0.6 is 0 Å². The third-order valence-corrected chi connectivity index (χ3v) is 4.94. The number of hydrogen-bond donors (Lipinski definition) is 0. The highest BCUT2D eigenvalue weighted by Gasteiger charge is 2.36. The molecule has 0 aromatic heterocycles. The van der Waals surface area contributed by atoms with E-state index in [4.69, 9.17) is 0 Å². The van der Waals surface area contributed by atoms with Crippen molar-refractivity contribution in [3.8, 4) is 11.1 Å². The zero-order valence-corrected chi connectivity index (χ0v) is 16.6. The van der Waals surface area contributed by atoms with Crippen molar-refractivity contribution < 1.29 is 9.59 Å². The maximum Gasteiger partial charge on any atom is 0.249 e. The Hall–Kier alpha value is -2.62. The lowest BCUT2D eigenvalue weighted by Gasteiger charge is -2.40. The second-order valence-corrected chi connectivity index (χ2v) is 8.37. The van der Waals surface area contributed by atoms with Gasteiger partial charge in [-0.2, -0.15) is 0 Å². The van der Waals surface area contributed by atoms with Gasteiger partial charge < -0.3 is 9.80 Å². The van der Waals surface area contributed by atoms with E-state index in [2.05, 4.69) is 12.1 Å². The maximum absolute atomic E-state index is 13.1. The Bertz CT molecular complexity index is 824. The van der Waals surface area contributed by atoms with Gasteiger partial charge in [0.25, 0.3) is 0 Å². The van der Waals surface area contributed by atoms with Crippen molar-refractivity contribution in [3.63, 3.8) is 0 Å². The maximum atomic E-state index is 13.1. The van der Waals surface area contributed by atoms with E-state index in [0.717, 1.165) is 16.8 Å². The van der Waals surface area contributed by atoms with Gasteiger partial charge >= 0.3 is 0 Å². The van der Waals surface area contributed by atoms with Gasteiger partial charge in [0.2, 0.25) is 11.8 Å². The van der Waals surface area contributed by atoms with Crippen LogP contribution in [0.1, 0.15) is 34.1 Å². The second kappa shape index (κ2) is 7.55. The van der Waals surface area contributed by atoms with Crippen molar-refractivity contribution in [2.75, 3.05) is 18.0 Å². The summed E-state index contributed by atoms with van der Waals surface area (Å²) in [5.74, 6) is 0.0336. The Morgan fingerprint density at radius 1 is 1.00 bits per heavy atom. The molecule has 142 valence electrons. The summed E-state index contributed by atoms with van der Waals surface area (Å²) in [6, 6.07) is 17.6. The fraction of sp³-hybridized carbons (Fsp3) is 0.391. The molecule has 2 aromatic rings. The van der Waals surface area contributed by atoms with Crippen molar-refractivity contribution in [2.45, 2.75) is 40.2 Å². The fourth-order valence-corrected chi connectivity index (χ4v) is 3.58. The van der Waals surface area contributed by atoms with E-state index in [0.29, 0.717) is 19.5 Å². The van der Waals surface area contributed by atoms with Gasteiger partial charge in [-0.05, 0) is 24.0 Å². The van der Waals surface area contributed by atoms with Gasteiger partial charge in [0.1, 0.15) is 6.04 Å². The number of carbonyl (C=O) groups excluding carboxylic acids is 2. The third-order valence-electron chi connectivity index (χ3n) is 4.94. The summed E-state index contributed by atoms with van der Waals surface area (Å²) in [5, 5.41) is 0. The topological polar surface area (TPSA) is 40.6 Å². The summed E-state index contributed by atoms with van der Waals surface area (Å²) in [6.07, 6.45) is 0.450. The van der Waals surface area contributed by atoms with Crippen LogP contribution < -0.4 is 4.90 Å². The van der Waals surface area contributed by atoms with Gasteiger partial charge in [-0.1, -0.05) is 69.3 Å². The molecule has 1 aliphatic rings. The minimum atomic E-state index is -0.447. The van der Waals surface area contributed by atoms with Crippen LogP contribution in [0, 0.1) is 5.41 Å². The largest absolute Gasteiger partial charge is 0.329 e. The monoisotopic (exact) mass is 364 g/mol. The van der Waals surface area contributed by atoms with E-state index in [-0.39, 0.29) is 17.2 Å². The molecule has 0 spiro atoms. The number of benzene rings is 2. The highest BCUT2D eigenvalue weighted by Crippen LogP contribution is 2.33. The number of nitrogens with zero attached hydrogens (tertiary/aromatic N) is 2. The third kappa shape index (κ3) is 4.21. The first-order chi connectivity index (χ1) is 12.8. The number of anilines is 1. The molecule has 1 aliphatic heterocycles. The SMILES string of the molecule is C[C@@H]1C(=O)N(c2ccccc2-c2ccccc2)CCN1C(=O)CC(C)(C)C.